The Morgan fingerprint density at radius 2 is 2.25 bits per heavy atom. The van der Waals surface area contributed by atoms with Crippen molar-refractivity contribution < 1.29 is 13.5 Å². The first kappa shape index (κ1) is 11.3. The van der Waals surface area contributed by atoms with Crippen molar-refractivity contribution in [2.75, 3.05) is 6.61 Å². The van der Waals surface area contributed by atoms with E-state index in [-0.39, 0.29) is 12.4 Å². The highest BCUT2D eigenvalue weighted by Gasteiger charge is 2.17. The number of fused-ring (bicyclic) bond motifs is 1. The van der Waals surface area contributed by atoms with E-state index >= 15 is 0 Å². The molecule has 1 heterocycles. The Hall–Kier alpha value is -1.23. The van der Waals surface area contributed by atoms with Crippen LogP contribution in [0.25, 0.3) is 0 Å². The summed E-state index contributed by atoms with van der Waals surface area (Å²) < 4.78 is 29.1. The smallest absolute Gasteiger partial charge is 0.272 e. The maximum absolute atomic E-state index is 12.0. The number of aryl methyl sites for hydroxylation is 2. The zero-order valence-corrected chi connectivity index (χ0v) is 8.88. The normalized spacial score (nSPS) is 14.2. The largest absolute Gasteiger partial charge is 0.471 e. The molecule has 0 bridgehead atoms. The van der Waals surface area contributed by atoms with E-state index in [0.717, 1.165) is 25.0 Å². The molecule has 0 spiro atoms. The molecular weight excluding hydrogens is 214 g/mol. The second-order valence-electron chi connectivity index (χ2n) is 3.82. The number of pyridine rings is 1. The van der Waals surface area contributed by atoms with Crippen molar-refractivity contribution in [2.45, 2.75) is 32.2 Å². The molecule has 2 N–H and O–H groups in total. The topological polar surface area (TPSA) is 48.1 Å². The summed E-state index contributed by atoms with van der Waals surface area (Å²) in [4.78, 5) is 4.26. The van der Waals surface area contributed by atoms with Gasteiger partial charge in [-0.1, -0.05) is 0 Å². The molecule has 0 atom stereocenters. The van der Waals surface area contributed by atoms with Crippen LogP contribution in [0, 0.1) is 0 Å². The zero-order valence-electron chi connectivity index (χ0n) is 8.88. The van der Waals surface area contributed by atoms with Crippen molar-refractivity contribution in [1.29, 1.82) is 0 Å². The molecule has 0 saturated carbocycles. The molecule has 2 rings (SSSR count). The molecule has 1 aliphatic rings. The molecule has 1 aromatic heterocycles. The van der Waals surface area contributed by atoms with Gasteiger partial charge in [-0.05, 0) is 30.9 Å². The molecule has 1 aliphatic carbocycles. The fourth-order valence-electron chi connectivity index (χ4n) is 1.91. The van der Waals surface area contributed by atoms with Crippen molar-refractivity contribution in [3.05, 3.63) is 22.9 Å². The molecule has 3 nitrogen and oxygen atoms in total. The van der Waals surface area contributed by atoms with Crippen molar-refractivity contribution in [1.82, 2.24) is 4.98 Å². The third kappa shape index (κ3) is 2.29. The summed E-state index contributed by atoms with van der Waals surface area (Å²) in [6.45, 7) is -0.363. The number of halogens is 2. The molecule has 0 fully saturated rings. The summed E-state index contributed by atoms with van der Waals surface area (Å²) in [5, 5.41) is 0. The summed E-state index contributed by atoms with van der Waals surface area (Å²) in [6.07, 6.45) is 0.459. The van der Waals surface area contributed by atoms with Gasteiger partial charge >= 0.3 is 0 Å². The van der Waals surface area contributed by atoms with E-state index < -0.39 is 13.0 Å². The SMILES string of the molecule is NCc1cc2c(nc1OCC(F)F)CCC2. The third-order valence-electron chi connectivity index (χ3n) is 2.66. The highest BCUT2D eigenvalue weighted by atomic mass is 19.3. The molecule has 1 aromatic rings. The van der Waals surface area contributed by atoms with Gasteiger partial charge in [-0.25, -0.2) is 13.8 Å². The number of nitrogens with two attached hydrogens (primary N) is 1. The lowest BCUT2D eigenvalue weighted by Crippen LogP contribution is -2.12. The highest BCUT2D eigenvalue weighted by Crippen LogP contribution is 2.26. The van der Waals surface area contributed by atoms with Crippen LogP contribution in [0.2, 0.25) is 0 Å². The lowest BCUT2D eigenvalue weighted by atomic mass is 10.1. The van der Waals surface area contributed by atoms with Crippen LogP contribution in [0.4, 0.5) is 8.78 Å². The molecule has 16 heavy (non-hydrogen) atoms. The van der Waals surface area contributed by atoms with E-state index in [0.29, 0.717) is 5.56 Å². The van der Waals surface area contributed by atoms with Crippen LogP contribution in [-0.2, 0) is 19.4 Å². The van der Waals surface area contributed by atoms with Gasteiger partial charge in [0.05, 0.1) is 0 Å². The third-order valence-corrected chi connectivity index (χ3v) is 2.66. The molecule has 0 unspecified atom stereocenters. The van der Waals surface area contributed by atoms with Crippen LogP contribution < -0.4 is 10.5 Å². The number of alkyl halides is 2. The lowest BCUT2D eigenvalue weighted by molar-refractivity contribution is 0.0789. The van der Waals surface area contributed by atoms with Crippen LogP contribution in [0.3, 0.4) is 0 Å². The minimum absolute atomic E-state index is 0.263. The predicted molar refractivity (Wildman–Crippen MR) is 55.7 cm³/mol. The van der Waals surface area contributed by atoms with Gasteiger partial charge in [-0.15, -0.1) is 0 Å². The molecule has 5 heteroatoms. The number of rotatable bonds is 4. The number of hydrogen-bond acceptors (Lipinski definition) is 3. The predicted octanol–water partition coefficient (Wildman–Crippen LogP) is 1.67. The van der Waals surface area contributed by atoms with Gasteiger partial charge in [0.1, 0.15) is 0 Å². The van der Waals surface area contributed by atoms with E-state index in [1.165, 1.54) is 5.56 Å². The maximum atomic E-state index is 12.0. The molecule has 88 valence electrons. The Labute approximate surface area is 92.6 Å². The molecule has 0 amide bonds. The maximum Gasteiger partial charge on any atom is 0.272 e. The van der Waals surface area contributed by atoms with Crippen molar-refractivity contribution in [3.8, 4) is 5.88 Å². The van der Waals surface area contributed by atoms with Gasteiger partial charge in [0, 0.05) is 17.8 Å². The molecule has 0 aromatic carbocycles. The van der Waals surface area contributed by atoms with Gasteiger partial charge in [0.25, 0.3) is 6.43 Å². The first-order valence-corrected chi connectivity index (χ1v) is 5.33. The van der Waals surface area contributed by atoms with Gasteiger partial charge < -0.3 is 10.5 Å². The standard InChI is InChI=1S/C11H14F2N2O/c12-10(13)6-16-11-8(5-14)4-7-2-1-3-9(7)15-11/h4,10H,1-3,5-6,14H2. The summed E-state index contributed by atoms with van der Waals surface area (Å²) >= 11 is 0. The van der Waals surface area contributed by atoms with E-state index in [2.05, 4.69) is 4.98 Å². The van der Waals surface area contributed by atoms with E-state index in [9.17, 15) is 8.78 Å². The monoisotopic (exact) mass is 228 g/mol. The Morgan fingerprint density at radius 3 is 2.94 bits per heavy atom. The summed E-state index contributed by atoms with van der Waals surface area (Å²) in [5.41, 5.74) is 8.38. The van der Waals surface area contributed by atoms with Crippen LogP contribution in [-0.4, -0.2) is 18.0 Å². The zero-order chi connectivity index (χ0) is 11.5. The van der Waals surface area contributed by atoms with Crippen molar-refractivity contribution in [2.24, 2.45) is 5.73 Å². The van der Waals surface area contributed by atoms with E-state index in [1.54, 1.807) is 0 Å². The Kier molecular flexibility index (Phi) is 3.33. The Balaban J connectivity index is 2.22. The minimum Gasteiger partial charge on any atom is -0.471 e. The average molecular weight is 228 g/mol. The minimum atomic E-state index is -2.49. The second-order valence-corrected chi connectivity index (χ2v) is 3.82. The highest BCUT2D eigenvalue weighted by molar-refractivity contribution is 5.36. The molecule has 0 radical (unpaired) electrons. The van der Waals surface area contributed by atoms with Crippen molar-refractivity contribution >= 4 is 0 Å². The average Bonchev–Trinajstić information content (AvgIpc) is 2.71. The van der Waals surface area contributed by atoms with E-state index in [4.69, 9.17) is 10.5 Å². The Morgan fingerprint density at radius 1 is 1.44 bits per heavy atom. The lowest BCUT2D eigenvalue weighted by Gasteiger charge is -2.11. The van der Waals surface area contributed by atoms with Gasteiger partial charge in [0.15, 0.2) is 6.61 Å². The van der Waals surface area contributed by atoms with Gasteiger partial charge in [-0.3, -0.25) is 0 Å². The molecular formula is C11H14F2N2O. The number of hydrogen-bond donors (Lipinski definition) is 1. The van der Waals surface area contributed by atoms with Gasteiger partial charge in [0.2, 0.25) is 5.88 Å². The fourth-order valence-corrected chi connectivity index (χ4v) is 1.91. The quantitative estimate of drug-likeness (QED) is 0.852. The number of ether oxygens (including phenoxy) is 1. The van der Waals surface area contributed by atoms with Crippen molar-refractivity contribution in [3.63, 3.8) is 0 Å². The molecule has 0 saturated heterocycles. The van der Waals surface area contributed by atoms with Crippen LogP contribution in [0.5, 0.6) is 5.88 Å². The summed E-state index contributed by atoms with van der Waals surface area (Å²) in [5.74, 6) is 0.267. The van der Waals surface area contributed by atoms with Crippen LogP contribution >= 0.6 is 0 Å². The Bertz CT molecular complexity index is 382. The summed E-state index contributed by atoms with van der Waals surface area (Å²) in [7, 11) is 0. The number of nitrogens with zero attached hydrogens (tertiary/aromatic N) is 1. The van der Waals surface area contributed by atoms with Crippen LogP contribution in [0.1, 0.15) is 23.2 Å². The van der Waals surface area contributed by atoms with E-state index in [1.807, 2.05) is 6.07 Å². The van der Waals surface area contributed by atoms with Gasteiger partial charge in [-0.2, -0.15) is 0 Å². The van der Waals surface area contributed by atoms with Crippen LogP contribution in [0.15, 0.2) is 6.07 Å². The first-order chi connectivity index (χ1) is 7.70. The molecule has 0 aliphatic heterocycles. The number of aromatic nitrogens is 1. The summed E-state index contributed by atoms with van der Waals surface area (Å²) in [6, 6.07) is 1.93. The first-order valence-electron chi connectivity index (χ1n) is 5.33. The second kappa shape index (κ2) is 4.74. The fraction of sp³-hybridized carbons (Fsp3) is 0.545.